The number of ether oxygens (including phenoxy) is 1. The van der Waals surface area contributed by atoms with Gasteiger partial charge in [0.15, 0.2) is 0 Å². The lowest BCUT2D eigenvalue weighted by molar-refractivity contribution is 0.0117. The molecule has 0 bridgehead atoms. The lowest BCUT2D eigenvalue weighted by Gasteiger charge is -2.39. The molecule has 1 saturated heterocycles. The highest BCUT2D eigenvalue weighted by atomic mass is 35.5. The molecule has 1 aliphatic heterocycles. The van der Waals surface area contributed by atoms with Crippen LogP contribution in [0.5, 0.6) is 0 Å². The van der Waals surface area contributed by atoms with E-state index in [4.69, 9.17) is 10.5 Å². The van der Waals surface area contributed by atoms with Gasteiger partial charge in [-0.25, -0.2) is 4.39 Å². The molecular formula is C16H26ClFN2O. The van der Waals surface area contributed by atoms with Crippen LogP contribution in [0.1, 0.15) is 31.2 Å². The summed E-state index contributed by atoms with van der Waals surface area (Å²) in [6, 6.07) is 7.20. The van der Waals surface area contributed by atoms with Crippen LogP contribution in [0.2, 0.25) is 0 Å². The minimum atomic E-state index is -0.179. The Balaban J connectivity index is 0.00000220. The lowest BCUT2D eigenvalue weighted by Crippen LogP contribution is -2.49. The number of methoxy groups -OCH3 is 1. The van der Waals surface area contributed by atoms with Crippen LogP contribution < -0.4 is 5.73 Å². The quantitative estimate of drug-likeness (QED) is 0.908. The largest absolute Gasteiger partial charge is 0.381 e. The van der Waals surface area contributed by atoms with Crippen LogP contribution in [-0.4, -0.2) is 43.8 Å². The van der Waals surface area contributed by atoms with Gasteiger partial charge in [0.2, 0.25) is 0 Å². The van der Waals surface area contributed by atoms with Crippen molar-refractivity contribution in [1.82, 2.24) is 4.90 Å². The fourth-order valence-corrected chi connectivity index (χ4v) is 3.01. The summed E-state index contributed by atoms with van der Waals surface area (Å²) in [4.78, 5) is 2.45. The Morgan fingerprint density at radius 2 is 2.05 bits per heavy atom. The van der Waals surface area contributed by atoms with Gasteiger partial charge < -0.3 is 10.5 Å². The summed E-state index contributed by atoms with van der Waals surface area (Å²) in [5.41, 5.74) is 7.07. The second-order valence-electron chi connectivity index (χ2n) is 5.72. The van der Waals surface area contributed by atoms with E-state index in [0.29, 0.717) is 24.6 Å². The van der Waals surface area contributed by atoms with Gasteiger partial charge in [-0.05, 0) is 36.5 Å². The third-order valence-electron chi connectivity index (χ3n) is 4.34. The molecule has 1 fully saturated rings. The summed E-state index contributed by atoms with van der Waals surface area (Å²) in [6.45, 7) is 4.83. The highest BCUT2D eigenvalue weighted by molar-refractivity contribution is 5.85. The van der Waals surface area contributed by atoms with Gasteiger partial charge in [0.25, 0.3) is 0 Å². The molecule has 0 radical (unpaired) electrons. The monoisotopic (exact) mass is 316 g/mol. The second-order valence-corrected chi connectivity index (χ2v) is 5.72. The van der Waals surface area contributed by atoms with Crippen molar-refractivity contribution in [3.05, 3.63) is 35.6 Å². The van der Waals surface area contributed by atoms with Gasteiger partial charge in [-0.1, -0.05) is 19.1 Å². The normalized spacial score (nSPS) is 24.4. The van der Waals surface area contributed by atoms with Gasteiger partial charge in [-0.3, -0.25) is 4.90 Å². The van der Waals surface area contributed by atoms with Crippen LogP contribution in [0.15, 0.2) is 24.3 Å². The first kappa shape index (κ1) is 18.4. The van der Waals surface area contributed by atoms with Crippen molar-refractivity contribution >= 4 is 12.4 Å². The summed E-state index contributed by atoms with van der Waals surface area (Å²) < 4.78 is 18.4. The van der Waals surface area contributed by atoms with Crippen molar-refractivity contribution in [3.8, 4) is 0 Å². The zero-order valence-electron chi connectivity index (χ0n) is 12.8. The maximum absolute atomic E-state index is 13.0. The molecular weight excluding hydrogens is 291 g/mol. The average molecular weight is 317 g/mol. The third-order valence-corrected chi connectivity index (χ3v) is 4.34. The van der Waals surface area contributed by atoms with Crippen molar-refractivity contribution in [2.75, 3.05) is 26.7 Å². The van der Waals surface area contributed by atoms with Gasteiger partial charge in [-0.15, -0.1) is 12.4 Å². The fourth-order valence-electron chi connectivity index (χ4n) is 3.01. The minimum absolute atomic E-state index is 0. The number of hydrogen-bond donors (Lipinski definition) is 1. The van der Waals surface area contributed by atoms with E-state index in [0.717, 1.165) is 25.9 Å². The van der Waals surface area contributed by atoms with E-state index >= 15 is 0 Å². The Morgan fingerprint density at radius 3 is 2.62 bits per heavy atom. The predicted molar refractivity (Wildman–Crippen MR) is 86.5 cm³/mol. The fraction of sp³-hybridized carbons (Fsp3) is 0.625. The molecule has 120 valence electrons. The first-order valence-electron chi connectivity index (χ1n) is 7.36. The number of likely N-dealkylation sites (tertiary alicyclic amines) is 1. The summed E-state index contributed by atoms with van der Waals surface area (Å²) in [7, 11) is 1.77. The molecule has 1 aromatic rings. The summed E-state index contributed by atoms with van der Waals surface area (Å²) in [6.07, 6.45) is 2.40. The molecule has 2 N–H and O–H groups in total. The molecule has 3 atom stereocenters. The summed E-state index contributed by atoms with van der Waals surface area (Å²) in [5.74, 6) is 0.199. The van der Waals surface area contributed by atoms with E-state index in [2.05, 4.69) is 11.8 Å². The van der Waals surface area contributed by atoms with Gasteiger partial charge in [0.1, 0.15) is 5.82 Å². The molecule has 5 heteroatoms. The third kappa shape index (κ3) is 4.92. The zero-order chi connectivity index (χ0) is 14.5. The topological polar surface area (TPSA) is 38.5 Å². The molecule has 0 amide bonds. The van der Waals surface area contributed by atoms with E-state index in [1.807, 2.05) is 12.1 Å². The van der Waals surface area contributed by atoms with Gasteiger partial charge in [0.05, 0.1) is 6.10 Å². The van der Waals surface area contributed by atoms with Crippen LogP contribution >= 0.6 is 12.4 Å². The molecule has 0 aromatic heterocycles. The SMILES string of the molecule is COC1CCN(CC(C)c2ccc(F)cc2)C(CN)C1.Cl. The number of hydrogen-bond acceptors (Lipinski definition) is 3. The lowest BCUT2D eigenvalue weighted by atomic mass is 9.95. The molecule has 1 aliphatic rings. The molecule has 1 aromatic carbocycles. The molecule has 1 heterocycles. The molecule has 0 saturated carbocycles. The van der Waals surface area contributed by atoms with Gasteiger partial charge in [-0.2, -0.15) is 0 Å². The molecule has 0 aliphatic carbocycles. The predicted octanol–water partition coefficient (Wildman–Crippen LogP) is 2.79. The summed E-state index contributed by atoms with van der Waals surface area (Å²) >= 11 is 0. The number of rotatable bonds is 5. The molecule has 0 spiro atoms. The van der Waals surface area contributed by atoms with Crippen molar-refractivity contribution in [3.63, 3.8) is 0 Å². The van der Waals surface area contributed by atoms with Crippen molar-refractivity contribution in [1.29, 1.82) is 0 Å². The first-order chi connectivity index (χ1) is 9.63. The van der Waals surface area contributed by atoms with Crippen LogP contribution in [-0.2, 0) is 4.74 Å². The van der Waals surface area contributed by atoms with Crippen LogP contribution in [0.25, 0.3) is 0 Å². The summed E-state index contributed by atoms with van der Waals surface area (Å²) in [5, 5.41) is 0. The smallest absolute Gasteiger partial charge is 0.123 e. The van der Waals surface area contributed by atoms with E-state index in [1.165, 1.54) is 17.7 Å². The number of nitrogens with zero attached hydrogens (tertiary/aromatic N) is 1. The highest BCUT2D eigenvalue weighted by Gasteiger charge is 2.28. The molecule has 3 nitrogen and oxygen atoms in total. The Labute approximate surface area is 133 Å². The Hall–Kier alpha value is -0.680. The van der Waals surface area contributed by atoms with E-state index < -0.39 is 0 Å². The second kappa shape index (κ2) is 8.69. The standard InChI is InChI=1S/C16H25FN2O.ClH/c1-12(13-3-5-14(17)6-4-13)11-19-8-7-16(20-2)9-15(19)10-18;/h3-6,12,15-16H,7-11,18H2,1-2H3;1H. The zero-order valence-corrected chi connectivity index (χ0v) is 13.6. The van der Waals surface area contributed by atoms with Crippen molar-refractivity contribution in [2.45, 2.75) is 37.8 Å². The molecule has 2 rings (SSSR count). The average Bonchev–Trinajstić information content (AvgIpc) is 2.48. The van der Waals surface area contributed by atoms with Crippen LogP contribution in [0.4, 0.5) is 4.39 Å². The van der Waals surface area contributed by atoms with Gasteiger partial charge in [0, 0.05) is 32.8 Å². The highest BCUT2D eigenvalue weighted by Crippen LogP contribution is 2.24. The van der Waals surface area contributed by atoms with Crippen LogP contribution in [0.3, 0.4) is 0 Å². The van der Waals surface area contributed by atoms with Gasteiger partial charge >= 0.3 is 0 Å². The van der Waals surface area contributed by atoms with Crippen molar-refractivity contribution < 1.29 is 9.13 Å². The van der Waals surface area contributed by atoms with E-state index in [9.17, 15) is 4.39 Å². The maximum atomic E-state index is 13.0. The van der Waals surface area contributed by atoms with E-state index in [1.54, 1.807) is 7.11 Å². The molecule has 21 heavy (non-hydrogen) atoms. The number of halogens is 2. The Morgan fingerprint density at radius 1 is 1.38 bits per heavy atom. The Bertz CT molecular complexity index is 415. The van der Waals surface area contributed by atoms with Crippen molar-refractivity contribution in [2.24, 2.45) is 5.73 Å². The van der Waals surface area contributed by atoms with Crippen LogP contribution in [0, 0.1) is 5.82 Å². The first-order valence-corrected chi connectivity index (χ1v) is 7.36. The van der Waals surface area contributed by atoms with E-state index in [-0.39, 0.29) is 18.2 Å². The maximum Gasteiger partial charge on any atom is 0.123 e. The Kier molecular flexibility index (Phi) is 7.60. The number of benzene rings is 1. The molecule has 3 unspecified atom stereocenters. The minimum Gasteiger partial charge on any atom is -0.381 e. The number of nitrogens with two attached hydrogens (primary N) is 1. The number of piperidine rings is 1.